The normalized spacial score (nSPS) is 29.9. The van der Waals surface area contributed by atoms with Crippen molar-refractivity contribution < 1.29 is 28.5 Å². The van der Waals surface area contributed by atoms with Crippen LogP contribution in [-0.4, -0.2) is 61.1 Å². The van der Waals surface area contributed by atoms with E-state index in [-0.39, 0.29) is 29.8 Å². The Morgan fingerprint density at radius 2 is 1.35 bits per heavy atom. The highest BCUT2D eigenvalue weighted by Gasteiger charge is 2.54. The first-order valence-corrected chi connectivity index (χ1v) is 11.4. The van der Waals surface area contributed by atoms with E-state index in [1.54, 1.807) is 25.2 Å². The van der Waals surface area contributed by atoms with Gasteiger partial charge in [-0.1, -0.05) is 24.3 Å². The van der Waals surface area contributed by atoms with E-state index in [1.165, 1.54) is 0 Å². The molecule has 1 unspecified atom stereocenters. The Hall–Kier alpha value is -3.36. The second-order valence-corrected chi connectivity index (χ2v) is 9.00. The van der Waals surface area contributed by atoms with Gasteiger partial charge in [-0.15, -0.1) is 0 Å². The molecule has 8 heteroatoms. The summed E-state index contributed by atoms with van der Waals surface area (Å²) in [7, 11) is 3.24. The van der Waals surface area contributed by atoms with Crippen LogP contribution in [0, 0.1) is 5.92 Å². The van der Waals surface area contributed by atoms with Crippen molar-refractivity contribution in [3.63, 3.8) is 0 Å². The van der Waals surface area contributed by atoms with Crippen molar-refractivity contribution in [2.24, 2.45) is 5.92 Å². The minimum Gasteiger partial charge on any atom is -0.497 e. The Labute approximate surface area is 197 Å². The first-order chi connectivity index (χ1) is 16.6. The third-order valence-corrected chi connectivity index (χ3v) is 7.34. The number of benzene rings is 2. The van der Waals surface area contributed by atoms with Crippen LogP contribution < -0.4 is 9.47 Å². The molecular weight excluding hydrogens is 436 g/mol. The van der Waals surface area contributed by atoms with Crippen LogP contribution in [0.1, 0.15) is 30.0 Å². The molecule has 176 valence electrons. The molecule has 4 heterocycles. The second-order valence-electron chi connectivity index (χ2n) is 9.00. The van der Waals surface area contributed by atoms with Gasteiger partial charge in [0, 0.05) is 29.5 Å². The largest absolute Gasteiger partial charge is 0.497 e. The van der Waals surface area contributed by atoms with Crippen molar-refractivity contribution in [3.8, 4) is 11.5 Å². The average molecular weight is 463 g/mol. The van der Waals surface area contributed by atoms with E-state index in [0.717, 1.165) is 28.2 Å². The molecule has 0 radical (unpaired) electrons. The number of carbonyl (C=O) groups excluding carboxylic acids is 2. The molecule has 3 fully saturated rings. The lowest BCUT2D eigenvalue weighted by atomic mass is 9.88. The van der Waals surface area contributed by atoms with Gasteiger partial charge in [-0.25, -0.2) is 0 Å². The molecule has 6 rings (SSSR count). The standard InChI is InChI=1S/C26H26N2O6/c1-31-17-7-3-15(4-8-17)25-27-21(13-33-25)19(11-23(27)29)20-12-24(30)28-22(20)14-34-26(28)16-5-9-18(32-2)10-6-16/h3-11,20-22,25-26H,12-14H2,1-2H3/t20-,21?,22+,25+,26+/m0/s1. The number of carbonyl (C=O) groups is 2. The van der Waals surface area contributed by atoms with Gasteiger partial charge in [0.25, 0.3) is 0 Å². The molecule has 0 saturated carbocycles. The summed E-state index contributed by atoms with van der Waals surface area (Å²) in [6.45, 7) is 0.850. The van der Waals surface area contributed by atoms with Gasteiger partial charge in [0.1, 0.15) is 11.5 Å². The predicted octanol–water partition coefficient (Wildman–Crippen LogP) is 2.82. The lowest BCUT2D eigenvalue weighted by Crippen LogP contribution is -2.37. The maximum absolute atomic E-state index is 13.1. The molecule has 0 aromatic heterocycles. The van der Waals surface area contributed by atoms with E-state index in [0.29, 0.717) is 19.6 Å². The highest BCUT2D eigenvalue weighted by atomic mass is 16.5. The molecule has 0 N–H and O–H groups in total. The maximum atomic E-state index is 13.1. The van der Waals surface area contributed by atoms with Crippen LogP contribution in [0.2, 0.25) is 0 Å². The van der Waals surface area contributed by atoms with Gasteiger partial charge in [0.15, 0.2) is 12.5 Å². The summed E-state index contributed by atoms with van der Waals surface area (Å²) in [4.78, 5) is 29.8. The van der Waals surface area contributed by atoms with Gasteiger partial charge in [-0.05, 0) is 29.8 Å². The van der Waals surface area contributed by atoms with Crippen LogP contribution in [-0.2, 0) is 19.1 Å². The van der Waals surface area contributed by atoms with E-state index in [4.69, 9.17) is 18.9 Å². The zero-order valence-corrected chi connectivity index (χ0v) is 19.0. The number of methoxy groups -OCH3 is 2. The Balaban J connectivity index is 1.22. The predicted molar refractivity (Wildman–Crippen MR) is 121 cm³/mol. The number of rotatable bonds is 5. The van der Waals surface area contributed by atoms with E-state index in [9.17, 15) is 9.59 Å². The van der Waals surface area contributed by atoms with Crippen molar-refractivity contribution in [2.75, 3.05) is 27.4 Å². The molecule has 0 aliphatic carbocycles. The quantitative estimate of drug-likeness (QED) is 0.680. The first-order valence-electron chi connectivity index (χ1n) is 11.4. The number of amides is 2. The molecule has 0 spiro atoms. The Bertz CT molecular complexity index is 1140. The molecular formula is C26H26N2O6. The minimum absolute atomic E-state index is 0.0470. The molecule has 2 aromatic carbocycles. The zero-order valence-electron chi connectivity index (χ0n) is 19.0. The molecule has 4 aliphatic heterocycles. The number of nitrogens with zero attached hydrogens (tertiary/aromatic N) is 2. The lowest BCUT2D eigenvalue weighted by molar-refractivity contribution is -0.134. The minimum atomic E-state index is -0.447. The Morgan fingerprint density at radius 3 is 1.94 bits per heavy atom. The Kier molecular flexibility index (Phi) is 5.08. The highest BCUT2D eigenvalue weighted by molar-refractivity contribution is 5.93. The van der Waals surface area contributed by atoms with Crippen LogP contribution in [0.25, 0.3) is 0 Å². The van der Waals surface area contributed by atoms with Gasteiger partial charge in [0.05, 0.1) is 39.5 Å². The summed E-state index contributed by atoms with van der Waals surface area (Å²) in [5.74, 6) is 1.40. The third kappa shape index (κ3) is 3.20. The van der Waals surface area contributed by atoms with E-state index in [1.807, 2.05) is 53.4 Å². The van der Waals surface area contributed by atoms with E-state index in [2.05, 4.69) is 0 Å². The zero-order chi connectivity index (χ0) is 23.4. The summed E-state index contributed by atoms with van der Waals surface area (Å²) < 4.78 is 22.6. The van der Waals surface area contributed by atoms with Gasteiger partial charge in [0.2, 0.25) is 11.8 Å². The summed E-state index contributed by atoms with van der Waals surface area (Å²) in [6.07, 6.45) is 1.22. The van der Waals surface area contributed by atoms with Crippen molar-refractivity contribution in [1.29, 1.82) is 0 Å². The monoisotopic (exact) mass is 462 g/mol. The second kappa shape index (κ2) is 8.14. The third-order valence-electron chi connectivity index (χ3n) is 7.34. The number of hydrogen-bond acceptors (Lipinski definition) is 6. The van der Waals surface area contributed by atoms with Gasteiger partial charge >= 0.3 is 0 Å². The van der Waals surface area contributed by atoms with Gasteiger partial charge in [-0.2, -0.15) is 0 Å². The van der Waals surface area contributed by atoms with Crippen molar-refractivity contribution in [3.05, 3.63) is 71.3 Å². The molecule has 34 heavy (non-hydrogen) atoms. The highest BCUT2D eigenvalue weighted by Crippen LogP contribution is 2.48. The van der Waals surface area contributed by atoms with E-state index >= 15 is 0 Å². The van der Waals surface area contributed by atoms with Crippen molar-refractivity contribution in [1.82, 2.24) is 9.80 Å². The number of ether oxygens (including phenoxy) is 4. The molecule has 0 bridgehead atoms. The van der Waals surface area contributed by atoms with Gasteiger partial charge in [-0.3, -0.25) is 9.59 Å². The summed E-state index contributed by atoms with van der Waals surface area (Å²) >= 11 is 0. The molecule has 5 atom stereocenters. The molecule has 2 amide bonds. The fraction of sp³-hybridized carbons (Fsp3) is 0.385. The average Bonchev–Trinajstić information content (AvgIpc) is 3.63. The molecule has 2 aromatic rings. The van der Waals surface area contributed by atoms with Crippen LogP contribution >= 0.6 is 0 Å². The van der Waals surface area contributed by atoms with Crippen LogP contribution in [0.3, 0.4) is 0 Å². The molecule has 8 nitrogen and oxygen atoms in total. The summed E-state index contributed by atoms with van der Waals surface area (Å²) in [5.41, 5.74) is 2.79. The van der Waals surface area contributed by atoms with Crippen molar-refractivity contribution in [2.45, 2.75) is 31.0 Å². The topological polar surface area (TPSA) is 77.5 Å². The number of fused-ring (bicyclic) bond motifs is 2. The lowest BCUT2D eigenvalue weighted by Gasteiger charge is -2.27. The van der Waals surface area contributed by atoms with Crippen LogP contribution in [0.15, 0.2) is 60.2 Å². The SMILES string of the molecule is COc1ccc([C@H]2OCC3C([C@@H]4CC(=O)N5[C@@H](c6ccc(OC)cc6)OC[C@H]45)=CC(=O)N32)cc1. The van der Waals surface area contributed by atoms with E-state index < -0.39 is 12.5 Å². The summed E-state index contributed by atoms with van der Waals surface area (Å²) in [6, 6.07) is 14.9. The molecule has 3 saturated heterocycles. The fourth-order valence-corrected chi connectivity index (χ4v) is 5.67. The molecule has 4 aliphatic rings. The smallest absolute Gasteiger partial charge is 0.249 e. The van der Waals surface area contributed by atoms with Crippen molar-refractivity contribution >= 4 is 11.8 Å². The first kappa shape index (κ1) is 21.2. The van der Waals surface area contributed by atoms with Crippen LogP contribution in [0.4, 0.5) is 0 Å². The number of hydrogen-bond donors (Lipinski definition) is 0. The Morgan fingerprint density at radius 1 is 0.794 bits per heavy atom. The summed E-state index contributed by atoms with van der Waals surface area (Å²) in [5, 5.41) is 0. The van der Waals surface area contributed by atoms with Gasteiger partial charge < -0.3 is 28.7 Å². The van der Waals surface area contributed by atoms with Crippen LogP contribution in [0.5, 0.6) is 11.5 Å². The fourth-order valence-electron chi connectivity index (χ4n) is 5.67. The maximum Gasteiger partial charge on any atom is 0.249 e.